The molecule has 0 saturated carbocycles. The summed E-state index contributed by atoms with van der Waals surface area (Å²) in [5, 5.41) is 0. The van der Waals surface area contributed by atoms with Gasteiger partial charge in [-0.2, -0.15) is 0 Å². The molecule has 2 rings (SSSR count). The van der Waals surface area contributed by atoms with Gasteiger partial charge in [-0.15, -0.1) is 0 Å². The molecule has 1 aromatic rings. The van der Waals surface area contributed by atoms with Crippen LogP contribution in [0.25, 0.3) is 0 Å². The molecule has 1 aliphatic rings. The third-order valence-corrected chi connectivity index (χ3v) is 3.97. The molecule has 0 bridgehead atoms. The Morgan fingerprint density at radius 1 is 1.00 bits per heavy atom. The van der Waals surface area contributed by atoms with Gasteiger partial charge >= 0.3 is 0 Å². The van der Waals surface area contributed by atoms with Crippen LogP contribution in [0.3, 0.4) is 0 Å². The van der Waals surface area contributed by atoms with Crippen molar-refractivity contribution < 1.29 is 4.58 Å². The quantitative estimate of drug-likeness (QED) is 0.689. The largest absolute Gasteiger partial charge is 0.226 e. The summed E-state index contributed by atoms with van der Waals surface area (Å²) in [7, 11) is 0. The molecule has 0 saturated heterocycles. The molecule has 0 atom stereocenters. The van der Waals surface area contributed by atoms with Crippen molar-refractivity contribution in [3.8, 4) is 0 Å². The van der Waals surface area contributed by atoms with E-state index in [0.29, 0.717) is 6.04 Å². The van der Waals surface area contributed by atoms with Crippen LogP contribution in [0.4, 0.5) is 0 Å². The van der Waals surface area contributed by atoms with Gasteiger partial charge in [0.05, 0.1) is 5.41 Å². The van der Waals surface area contributed by atoms with E-state index < -0.39 is 0 Å². The Bertz CT molecular complexity index is 464. The maximum atomic E-state index is 2.61. The summed E-state index contributed by atoms with van der Waals surface area (Å²) in [5.74, 6) is 0. The third kappa shape index (κ3) is 2.11. The first-order valence-corrected chi connectivity index (χ1v) is 6.98. The smallest absolute Gasteiger partial charge is 0.189 e. The molecule has 98 valence electrons. The fourth-order valence-corrected chi connectivity index (χ4v) is 3.96. The van der Waals surface area contributed by atoms with Gasteiger partial charge in [0.25, 0.3) is 0 Å². The Labute approximate surface area is 112 Å². The summed E-state index contributed by atoms with van der Waals surface area (Å²) >= 11 is 0. The van der Waals surface area contributed by atoms with Gasteiger partial charge in [0.2, 0.25) is 0 Å². The highest BCUT2D eigenvalue weighted by Crippen LogP contribution is 2.41. The summed E-state index contributed by atoms with van der Waals surface area (Å²) < 4.78 is 2.61. The molecule has 0 spiro atoms. The fourth-order valence-electron chi connectivity index (χ4n) is 3.96. The van der Waals surface area contributed by atoms with Crippen LogP contribution < -0.4 is 0 Å². The first kappa shape index (κ1) is 13.3. The molecule has 0 aliphatic carbocycles. The molecular formula is C17H26N+. The lowest BCUT2D eigenvalue weighted by atomic mass is 9.79. The highest BCUT2D eigenvalue weighted by Gasteiger charge is 2.52. The van der Waals surface area contributed by atoms with Gasteiger partial charge in [-0.05, 0) is 53.7 Å². The van der Waals surface area contributed by atoms with Crippen LogP contribution in [0.2, 0.25) is 0 Å². The Morgan fingerprint density at radius 3 is 2.06 bits per heavy atom. The number of hydrogen-bond donors (Lipinski definition) is 0. The minimum Gasteiger partial charge on any atom is -0.226 e. The minimum absolute atomic E-state index is 0.239. The highest BCUT2D eigenvalue weighted by atomic mass is 15.1. The van der Waals surface area contributed by atoms with Gasteiger partial charge in [0, 0.05) is 12.0 Å². The lowest BCUT2D eigenvalue weighted by Gasteiger charge is -2.21. The van der Waals surface area contributed by atoms with Gasteiger partial charge in [0.1, 0.15) is 6.04 Å². The SMILES string of the molecule is CC(C)[N+]1=C(c2ccccc2)C(C)(C)CC1(C)C. The number of hydrogen-bond acceptors (Lipinski definition) is 0. The van der Waals surface area contributed by atoms with Crippen molar-refractivity contribution in [2.75, 3.05) is 0 Å². The van der Waals surface area contributed by atoms with Crippen LogP contribution in [0.5, 0.6) is 0 Å². The average Bonchev–Trinajstić information content (AvgIpc) is 2.44. The highest BCUT2D eigenvalue weighted by molar-refractivity contribution is 6.01. The molecule has 0 aromatic heterocycles. The molecule has 0 amide bonds. The van der Waals surface area contributed by atoms with Crippen molar-refractivity contribution in [3.63, 3.8) is 0 Å². The van der Waals surface area contributed by atoms with Gasteiger partial charge in [-0.1, -0.05) is 18.2 Å². The average molecular weight is 244 g/mol. The van der Waals surface area contributed by atoms with Crippen molar-refractivity contribution in [2.45, 2.75) is 59.5 Å². The predicted molar refractivity (Wildman–Crippen MR) is 78.4 cm³/mol. The Hall–Kier alpha value is -1.11. The second-order valence-corrected chi connectivity index (χ2v) is 7.05. The number of nitrogens with zero attached hydrogens (tertiary/aromatic N) is 1. The molecule has 1 heteroatoms. The molecule has 0 N–H and O–H groups in total. The van der Waals surface area contributed by atoms with E-state index in [-0.39, 0.29) is 11.0 Å². The van der Waals surface area contributed by atoms with Crippen LogP contribution in [-0.4, -0.2) is 21.9 Å². The van der Waals surface area contributed by atoms with Gasteiger partial charge in [0.15, 0.2) is 11.3 Å². The summed E-state index contributed by atoms with van der Waals surface area (Å²) in [6, 6.07) is 11.4. The summed E-state index contributed by atoms with van der Waals surface area (Å²) in [4.78, 5) is 0. The monoisotopic (exact) mass is 244 g/mol. The van der Waals surface area contributed by atoms with E-state index in [1.165, 1.54) is 17.7 Å². The topological polar surface area (TPSA) is 3.01 Å². The summed E-state index contributed by atoms with van der Waals surface area (Å²) in [6.07, 6.45) is 1.21. The first-order valence-electron chi connectivity index (χ1n) is 6.98. The van der Waals surface area contributed by atoms with Gasteiger partial charge in [-0.25, -0.2) is 4.58 Å². The lowest BCUT2D eigenvalue weighted by molar-refractivity contribution is -0.619. The third-order valence-electron chi connectivity index (χ3n) is 3.97. The standard InChI is InChI=1S/C17H26N/c1-13(2)18-15(14-10-8-7-9-11-14)16(3,4)12-17(18,5)6/h7-11,13H,12H2,1-6H3/q+1. The molecule has 1 aromatic carbocycles. The van der Waals surface area contributed by atoms with Crippen molar-refractivity contribution in [1.29, 1.82) is 0 Å². The minimum atomic E-state index is 0.239. The fraction of sp³-hybridized carbons (Fsp3) is 0.588. The van der Waals surface area contributed by atoms with E-state index in [1.54, 1.807) is 0 Å². The molecule has 1 nitrogen and oxygen atoms in total. The van der Waals surface area contributed by atoms with Crippen molar-refractivity contribution in [1.82, 2.24) is 0 Å². The summed E-state index contributed by atoms with van der Waals surface area (Å²) in [5.41, 5.74) is 3.36. The normalized spacial score (nSPS) is 21.7. The lowest BCUT2D eigenvalue weighted by Crippen LogP contribution is -2.38. The van der Waals surface area contributed by atoms with E-state index in [4.69, 9.17) is 0 Å². The molecular weight excluding hydrogens is 218 g/mol. The van der Waals surface area contributed by atoms with Crippen LogP contribution in [0.15, 0.2) is 30.3 Å². The van der Waals surface area contributed by atoms with E-state index >= 15 is 0 Å². The van der Waals surface area contributed by atoms with Crippen molar-refractivity contribution >= 4 is 5.71 Å². The number of rotatable bonds is 2. The zero-order valence-corrected chi connectivity index (χ0v) is 12.6. The Kier molecular flexibility index (Phi) is 3.12. The second-order valence-electron chi connectivity index (χ2n) is 7.05. The summed E-state index contributed by atoms with van der Waals surface area (Å²) in [6.45, 7) is 14.1. The Balaban J connectivity index is 2.67. The molecule has 0 fully saturated rings. The molecule has 0 unspecified atom stereocenters. The van der Waals surface area contributed by atoms with E-state index in [9.17, 15) is 0 Å². The molecule has 18 heavy (non-hydrogen) atoms. The predicted octanol–water partition coefficient (Wildman–Crippen LogP) is 4.11. The zero-order valence-electron chi connectivity index (χ0n) is 12.6. The van der Waals surface area contributed by atoms with Gasteiger partial charge in [-0.3, -0.25) is 0 Å². The van der Waals surface area contributed by atoms with Crippen LogP contribution in [-0.2, 0) is 0 Å². The van der Waals surface area contributed by atoms with E-state index in [2.05, 4.69) is 76.4 Å². The van der Waals surface area contributed by atoms with E-state index in [1.807, 2.05) is 0 Å². The van der Waals surface area contributed by atoms with Crippen molar-refractivity contribution in [2.24, 2.45) is 5.41 Å². The second kappa shape index (κ2) is 4.22. The van der Waals surface area contributed by atoms with Crippen molar-refractivity contribution in [3.05, 3.63) is 35.9 Å². The van der Waals surface area contributed by atoms with Crippen LogP contribution in [0.1, 0.15) is 53.5 Å². The first-order chi connectivity index (χ1) is 8.26. The van der Waals surface area contributed by atoms with Crippen LogP contribution >= 0.6 is 0 Å². The van der Waals surface area contributed by atoms with E-state index in [0.717, 1.165) is 0 Å². The maximum Gasteiger partial charge on any atom is 0.189 e. The van der Waals surface area contributed by atoms with Gasteiger partial charge < -0.3 is 0 Å². The van der Waals surface area contributed by atoms with Crippen LogP contribution in [0, 0.1) is 5.41 Å². The molecule has 0 radical (unpaired) electrons. The number of benzene rings is 1. The Morgan fingerprint density at radius 2 is 1.56 bits per heavy atom. The zero-order chi connectivity index (χ0) is 13.6. The molecule has 1 aliphatic heterocycles. The molecule has 1 heterocycles. The maximum absolute atomic E-state index is 2.61.